The summed E-state index contributed by atoms with van der Waals surface area (Å²) in [5.74, 6) is -0.505. The van der Waals surface area contributed by atoms with E-state index >= 15 is 0 Å². The number of nitrogens with one attached hydrogen (secondary N) is 2. The third kappa shape index (κ3) is 5.19. The number of amides is 2. The topological polar surface area (TPSA) is 78.4 Å². The number of hydrogen-bond acceptors (Lipinski definition) is 3. The first-order chi connectivity index (χ1) is 6.11. The van der Waals surface area contributed by atoms with Crippen molar-refractivity contribution in [1.82, 2.24) is 10.6 Å². The van der Waals surface area contributed by atoms with Crippen molar-refractivity contribution >= 4 is 11.8 Å². The predicted octanol–water partition coefficient (Wildman–Crippen LogP) is -0.990. The minimum absolute atomic E-state index is 0.0795. The van der Waals surface area contributed by atoms with E-state index in [1.165, 1.54) is 7.05 Å². The minimum atomic E-state index is -1.04. The van der Waals surface area contributed by atoms with E-state index in [1.807, 2.05) is 0 Å². The molecule has 0 aromatic rings. The highest BCUT2D eigenvalue weighted by molar-refractivity contribution is 5.80. The monoisotopic (exact) mass is 188 g/mol. The molecule has 1 atom stereocenters. The molecule has 0 spiro atoms. The van der Waals surface area contributed by atoms with E-state index in [-0.39, 0.29) is 12.3 Å². The van der Waals surface area contributed by atoms with Crippen LogP contribution in [0, 0.1) is 0 Å². The summed E-state index contributed by atoms with van der Waals surface area (Å²) in [4.78, 5) is 21.5. The lowest BCUT2D eigenvalue weighted by Crippen LogP contribution is -2.35. The number of aliphatic hydroxyl groups is 1. The lowest BCUT2D eigenvalue weighted by Gasteiger charge is -2.08. The standard InChI is InChI=1S/C8H16N2O3/c1-3-7(12)10-5-4-6(11)8(13)9-2/h6,11H,3-5H2,1-2H3,(H,9,13)(H,10,12)/t6-/m1/s1. The van der Waals surface area contributed by atoms with E-state index in [4.69, 9.17) is 5.11 Å². The summed E-state index contributed by atoms with van der Waals surface area (Å²) in [5.41, 5.74) is 0. The van der Waals surface area contributed by atoms with Crippen molar-refractivity contribution in [2.75, 3.05) is 13.6 Å². The summed E-state index contributed by atoms with van der Waals surface area (Å²) in [7, 11) is 1.45. The van der Waals surface area contributed by atoms with Crippen molar-refractivity contribution in [3.05, 3.63) is 0 Å². The van der Waals surface area contributed by atoms with E-state index < -0.39 is 12.0 Å². The number of likely N-dealkylation sites (N-methyl/N-ethyl adjacent to an activating group) is 1. The van der Waals surface area contributed by atoms with Gasteiger partial charge < -0.3 is 15.7 Å². The van der Waals surface area contributed by atoms with Crippen molar-refractivity contribution in [3.63, 3.8) is 0 Å². The van der Waals surface area contributed by atoms with Gasteiger partial charge >= 0.3 is 0 Å². The Hall–Kier alpha value is -1.10. The van der Waals surface area contributed by atoms with Crippen molar-refractivity contribution in [2.24, 2.45) is 0 Å². The van der Waals surface area contributed by atoms with Crippen LogP contribution >= 0.6 is 0 Å². The minimum Gasteiger partial charge on any atom is -0.383 e. The molecule has 0 aliphatic carbocycles. The van der Waals surface area contributed by atoms with Gasteiger partial charge in [0.2, 0.25) is 11.8 Å². The van der Waals surface area contributed by atoms with Gasteiger partial charge in [-0.3, -0.25) is 9.59 Å². The SMILES string of the molecule is CCC(=O)NCC[C@@H](O)C(=O)NC. The van der Waals surface area contributed by atoms with Crippen LogP contribution < -0.4 is 10.6 Å². The molecule has 0 aliphatic rings. The molecule has 76 valence electrons. The van der Waals surface area contributed by atoms with Gasteiger partial charge in [0.1, 0.15) is 6.10 Å². The summed E-state index contributed by atoms with van der Waals surface area (Å²) in [5, 5.41) is 14.0. The molecule has 0 saturated heterocycles. The first kappa shape index (κ1) is 11.9. The zero-order valence-electron chi connectivity index (χ0n) is 7.96. The third-order valence-electron chi connectivity index (χ3n) is 1.61. The molecule has 0 heterocycles. The predicted molar refractivity (Wildman–Crippen MR) is 48.0 cm³/mol. The van der Waals surface area contributed by atoms with E-state index in [0.29, 0.717) is 13.0 Å². The fourth-order valence-corrected chi connectivity index (χ4v) is 0.771. The molecule has 0 saturated carbocycles. The maximum Gasteiger partial charge on any atom is 0.248 e. The molecule has 5 nitrogen and oxygen atoms in total. The van der Waals surface area contributed by atoms with Gasteiger partial charge in [-0.2, -0.15) is 0 Å². The van der Waals surface area contributed by atoms with Gasteiger partial charge in [-0.15, -0.1) is 0 Å². The van der Waals surface area contributed by atoms with Crippen LogP contribution in [0.4, 0.5) is 0 Å². The summed E-state index contributed by atoms with van der Waals surface area (Å²) >= 11 is 0. The Bertz CT molecular complexity index is 182. The largest absolute Gasteiger partial charge is 0.383 e. The van der Waals surface area contributed by atoms with Gasteiger partial charge in [-0.05, 0) is 6.42 Å². The van der Waals surface area contributed by atoms with Crippen LogP contribution in [0.25, 0.3) is 0 Å². The molecule has 0 fully saturated rings. The zero-order chi connectivity index (χ0) is 10.3. The molecule has 13 heavy (non-hydrogen) atoms. The molecular formula is C8H16N2O3. The van der Waals surface area contributed by atoms with Crippen molar-refractivity contribution in [3.8, 4) is 0 Å². The van der Waals surface area contributed by atoms with Gasteiger partial charge in [0.05, 0.1) is 0 Å². The number of rotatable bonds is 5. The molecule has 3 N–H and O–H groups in total. The second kappa shape index (κ2) is 6.42. The van der Waals surface area contributed by atoms with Crippen LogP contribution in [-0.4, -0.2) is 36.6 Å². The number of aliphatic hydroxyl groups excluding tert-OH is 1. The van der Waals surface area contributed by atoms with Crippen molar-refractivity contribution in [2.45, 2.75) is 25.9 Å². The quantitative estimate of drug-likeness (QED) is 0.518. The van der Waals surface area contributed by atoms with E-state index in [9.17, 15) is 9.59 Å². The Morgan fingerprint density at radius 2 is 2.08 bits per heavy atom. The first-order valence-electron chi connectivity index (χ1n) is 4.28. The number of carbonyl (C=O) groups is 2. The summed E-state index contributed by atoms with van der Waals surface area (Å²) in [6, 6.07) is 0. The normalized spacial score (nSPS) is 11.9. The second-order valence-corrected chi connectivity index (χ2v) is 2.62. The van der Waals surface area contributed by atoms with E-state index in [1.54, 1.807) is 6.92 Å². The summed E-state index contributed by atoms with van der Waals surface area (Å²) in [6.07, 6.45) is -0.385. The van der Waals surface area contributed by atoms with Crippen LogP contribution in [0.15, 0.2) is 0 Å². The second-order valence-electron chi connectivity index (χ2n) is 2.62. The fourth-order valence-electron chi connectivity index (χ4n) is 0.771. The van der Waals surface area contributed by atoms with Gasteiger partial charge in [-0.25, -0.2) is 0 Å². The first-order valence-corrected chi connectivity index (χ1v) is 4.28. The molecule has 0 aromatic heterocycles. The highest BCUT2D eigenvalue weighted by atomic mass is 16.3. The maximum atomic E-state index is 10.8. The molecule has 0 unspecified atom stereocenters. The Kier molecular flexibility index (Phi) is 5.88. The van der Waals surface area contributed by atoms with E-state index in [0.717, 1.165) is 0 Å². The molecule has 0 rings (SSSR count). The number of hydrogen-bond donors (Lipinski definition) is 3. The highest BCUT2D eigenvalue weighted by Crippen LogP contribution is 1.89. The lowest BCUT2D eigenvalue weighted by atomic mass is 10.2. The Morgan fingerprint density at radius 1 is 1.46 bits per heavy atom. The fraction of sp³-hybridized carbons (Fsp3) is 0.750. The number of carbonyl (C=O) groups excluding carboxylic acids is 2. The van der Waals surface area contributed by atoms with Crippen LogP contribution in [-0.2, 0) is 9.59 Å². The Labute approximate surface area is 77.5 Å². The Balaban J connectivity index is 3.53. The zero-order valence-corrected chi connectivity index (χ0v) is 7.96. The molecule has 0 radical (unpaired) electrons. The van der Waals surface area contributed by atoms with E-state index in [2.05, 4.69) is 10.6 Å². The molecule has 2 amide bonds. The average Bonchev–Trinajstić information content (AvgIpc) is 2.15. The van der Waals surface area contributed by atoms with Gasteiger partial charge in [0.15, 0.2) is 0 Å². The molecule has 0 aromatic carbocycles. The van der Waals surface area contributed by atoms with Gasteiger partial charge in [-0.1, -0.05) is 6.92 Å². The summed E-state index contributed by atoms with van der Waals surface area (Å²) in [6.45, 7) is 2.06. The lowest BCUT2D eigenvalue weighted by molar-refractivity contribution is -0.129. The van der Waals surface area contributed by atoms with Crippen LogP contribution in [0.1, 0.15) is 19.8 Å². The van der Waals surface area contributed by atoms with Crippen LogP contribution in [0.3, 0.4) is 0 Å². The highest BCUT2D eigenvalue weighted by Gasteiger charge is 2.12. The Morgan fingerprint density at radius 3 is 2.54 bits per heavy atom. The molecule has 0 aliphatic heterocycles. The molecular weight excluding hydrogens is 172 g/mol. The van der Waals surface area contributed by atoms with Crippen LogP contribution in [0.2, 0.25) is 0 Å². The van der Waals surface area contributed by atoms with Crippen molar-refractivity contribution < 1.29 is 14.7 Å². The molecule has 5 heteroatoms. The smallest absolute Gasteiger partial charge is 0.248 e. The molecule has 0 bridgehead atoms. The summed E-state index contributed by atoms with van der Waals surface area (Å²) < 4.78 is 0. The van der Waals surface area contributed by atoms with Gasteiger partial charge in [0.25, 0.3) is 0 Å². The third-order valence-corrected chi connectivity index (χ3v) is 1.61. The maximum absolute atomic E-state index is 10.8. The average molecular weight is 188 g/mol. The van der Waals surface area contributed by atoms with Gasteiger partial charge in [0, 0.05) is 20.0 Å². The van der Waals surface area contributed by atoms with Crippen LogP contribution in [0.5, 0.6) is 0 Å². The van der Waals surface area contributed by atoms with Crippen molar-refractivity contribution in [1.29, 1.82) is 0 Å².